The Morgan fingerprint density at radius 1 is 0.968 bits per heavy atom. The molecule has 5 rings (SSSR count). The summed E-state index contributed by atoms with van der Waals surface area (Å²) >= 11 is 0. The van der Waals surface area contributed by atoms with E-state index in [1.165, 1.54) is 0 Å². The number of nitrogens with zero attached hydrogens (tertiary/aromatic N) is 1. The fourth-order valence-corrected chi connectivity index (χ4v) is 7.39. The summed E-state index contributed by atoms with van der Waals surface area (Å²) in [5, 5.41) is 20.5. The minimum atomic E-state index is -1.55. The first kappa shape index (κ1) is 20.0. The van der Waals surface area contributed by atoms with Crippen molar-refractivity contribution in [3.8, 4) is 5.75 Å². The predicted octanol–water partition coefficient (Wildman–Crippen LogP) is 4.21. The van der Waals surface area contributed by atoms with E-state index in [1.54, 1.807) is 18.2 Å². The van der Waals surface area contributed by atoms with Gasteiger partial charge in [0.2, 0.25) is 0 Å². The molecule has 0 fully saturated rings. The van der Waals surface area contributed by atoms with Crippen LogP contribution in [-0.2, 0) is 16.9 Å². The molecule has 0 saturated carbocycles. The van der Waals surface area contributed by atoms with Crippen LogP contribution < -0.4 is 4.90 Å². The highest BCUT2D eigenvalue weighted by Gasteiger charge is 2.55. The number of phenols is 1. The zero-order valence-corrected chi connectivity index (χ0v) is 18.8. The third kappa shape index (κ3) is 2.52. The Hall–Kier alpha value is -2.96. The second-order valence-electron chi connectivity index (χ2n) is 8.65. The van der Waals surface area contributed by atoms with E-state index in [1.807, 2.05) is 38.4 Å². The van der Waals surface area contributed by atoms with Crippen LogP contribution in [0, 0.1) is 0 Å². The Balaban J connectivity index is 1.95. The Labute approximate surface area is 183 Å². The van der Waals surface area contributed by atoms with Gasteiger partial charge in [0.15, 0.2) is 5.60 Å². The van der Waals surface area contributed by atoms with Gasteiger partial charge in [0.1, 0.15) is 5.75 Å². The van der Waals surface area contributed by atoms with Crippen LogP contribution in [0.5, 0.6) is 5.75 Å². The molecule has 2 aliphatic rings. The lowest BCUT2D eigenvalue weighted by atomic mass is 9.78. The zero-order valence-electron chi connectivity index (χ0n) is 18.0. The van der Waals surface area contributed by atoms with Crippen LogP contribution in [0.25, 0.3) is 0 Å². The van der Waals surface area contributed by atoms with Crippen LogP contribution in [0.4, 0.5) is 5.69 Å². The van der Waals surface area contributed by atoms with E-state index in [0.717, 1.165) is 32.2 Å². The first-order chi connectivity index (χ1) is 14.7. The highest BCUT2D eigenvalue weighted by atomic mass is 32.3. The molecule has 1 unspecified atom stereocenters. The highest BCUT2D eigenvalue weighted by Crippen LogP contribution is 2.69. The van der Waals surface area contributed by atoms with Crippen LogP contribution in [0.2, 0.25) is 0 Å². The number of carbonyl (C=O) groups is 1. The molecule has 0 saturated heterocycles. The van der Waals surface area contributed by atoms with Gasteiger partial charge in [0.05, 0.1) is 12.2 Å². The van der Waals surface area contributed by atoms with Crippen molar-refractivity contribution in [1.82, 2.24) is 0 Å². The van der Waals surface area contributed by atoms with Gasteiger partial charge in [-0.1, -0.05) is 24.3 Å². The van der Waals surface area contributed by atoms with E-state index in [0.29, 0.717) is 11.1 Å². The number of fused-ring (bicyclic) bond motifs is 6. The Morgan fingerprint density at radius 3 is 2.39 bits per heavy atom. The number of aliphatic hydroxyl groups is 1. The topological polar surface area (TPSA) is 70.0 Å². The summed E-state index contributed by atoms with van der Waals surface area (Å²) in [7, 11) is 2.45. The minimum absolute atomic E-state index is 0.0572. The minimum Gasteiger partial charge on any atom is -0.508 e. The monoisotopic (exact) mass is 435 g/mol. The number of ether oxygens (including phenoxy) is 1. The number of aliphatic hydroxyl groups excluding tert-OH is 1. The predicted molar refractivity (Wildman–Crippen MR) is 123 cm³/mol. The van der Waals surface area contributed by atoms with Crippen molar-refractivity contribution in [1.29, 1.82) is 0 Å². The molecular formula is C25H25NO4S. The average Bonchev–Trinajstić information content (AvgIpc) is 3.05. The molecule has 0 bridgehead atoms. The molecule has 2 N–H and O–H groups in total. The summed E-state index contributed by atoms with van der Waals surface area (Å²) in [5.41, 5.74) is 3.47. The summed E-state index contributed by atoms with van der Waals surface area (Å²) in [6.45, 7) is -0.299. The molecular weight excluding hydrogens is 410 g/mol. The van der Waals surface area contributed by atoms with Crippen molar-refractivity contribution >= 4 is 21.7 Å². The number of benzene rings is 3. The van der Waals surface area contributed by atoms with E-state index in [9.17, 15) is 15.0 Å². The van der Waals surface area contributed by atoms with Gasteiger partial charge in [-0.25, -0.2) is 4.79 Å². The average molecular weight is 436 g/mol. The summed E-state index contributed by atoms with van der Waals surface area (Å²) in [5.74, 6) is -0.306. The SMILES string of the molecule is CN(C)c1ccc2c(c1)S(C)(C)c1cc(O)c(CO)cc1C21OC(=O)c2ccccc21. The van der Waals surface area contributed by atoms with Crippen LogP contribution in [-0.4, -0.2) is 42.8 Å². The fraction of sp³-hybridized carbons (Fsp3) is 0.240. The number of hydrogen-bond donors (Lipinski definition) is 2. The smallest absolute Gasteiger partial charge is 0.340 e. The second-order valence-corrected chi connectivity index (χ2v) is 12.2. The van der Waals surface area contributed by atoms with Crippen LogP contribution in [0.3, 0.4) is 0 Å². The fourth-order valence-electron chi connectivity index (χ4n) is 4.82. The maximum Gasteiger partial charge on any atom is 0.340 e. The number of carbonyl (C=O) groups excluding carboxylic acids is 1. The van der Waals surface area contributed by atoms with Gasteiger partial charge in [0, 0.05) is 51.8 Å². The largest absolute Gasteiger partial charge is 0.508 e. The molecule has 2 heterocycles. The number of rotatable bonds is 2. The molecule has 0 amide bonds. The van der Waals surface area contributed by atoms with E-state index >= 15 is 0 Å². The molecule has 160 valence electrons. The lowest BCUT2D eigenvalue weighted by Crippen LogP contribution is -2.35. The maximum absolute atomic E-state index is 13.0. The Bertz CT molecular complexity index is 1250. The van der Waals surface area contributed by atoms with Crippen molar-refractivity contribution in [3.63, 3.8) is 0 Å². The molecule has 0 aliphatic carbocycles. The molecule has 1 spiro atoms. The van der Waals surface area contributed by atoms with Gasteiger partial charge in [-0.2, -0.15) is 10.0 Å². The molecule has 0 radical (unpaired) electrons. The lowest BCUT2D eigenvalue weighted by Gasteiger charge is -2.47. The number of anilines is 1. The van der Waals surface area contributed by atoms with Gasteiger partial charge in [0.25, 0.3) is 0 Å². The standard InChI is InChI=1S/C25H25NO4S/c1-26(2)16-9-10-19-22(12-16)31(3,4)23-13-21(28)15(14-27)11-20(23)25(19)18-8-6-5-7-17(18)24(29)30-25/h5-13,27-28H,14H2,1-4H3. The van der Waals surface area contributed by atoms with E-state index in [4.69, 9.17) is 4.74 Å². The van der Waals surface area contributed by atoms with Crippen molar-refractivity contribution in [2.24, 2.45) is 0 Å². The molecule has 3 aromatic carbocycles. The lowest BCUT2D eigenvalue weighted by molar-refractivity contribution is 0.0231. The molecule has 6 heteroatoms. The maximum atomic E-state index is 13.0. The van der Waals surface area contributed by atoms with Crippen LogP contribution >= 0.6 is 10.0 Å². The molecule has 0 aromatic heterocycles. The van der Waals surface area contributed by atoms with E-state index < -0.39 is 15.6 Å². The van der Waals surface area contributed by atoms with Gasteiger partial charge in [-0.3, -0.25) is 0 Å². The third-order valence-electron chi connectivity index (χ3n) is 6.46. The van der Waals surface area contributed by atoms with Gasteiger partial charge >= 0.3 is 5.97 Å². The number of hydrogen-bond acceptors (Lipinski definition) is 5. The van der Waals surface area contributed by atoms with E-state index in [2.05, 4.69) is 29.5 Å². The second kappa shape index (κ2) is 6.52. The van der Waals surface area contributed by atoms with Crippen molar-refractivity contribution in [2.75, 3.05) is 31.5 Å². The number of aromatic hydroxyl groups is 1. The van der Waals surface area contributed by atoms with Crippen LogP contribution in [0.1, 0.15) is 32.6 Å². The Kier molecular flexibility index (Phi) is 4.20. The quantitative estimate of drug-likeness (QED) is 0.590. The summed E-state index contributed by atoms with van der Waals surface area (Å²) in [6, 6.07) is 17.3. The normalized spacial score (nSPS) is 21.1. The van der Waals surface area contributed by atoms with Crippen molar-refractivity contribution in [3.05, 3.63) is 82.4 Å². The summed E-state index contributed by atoms with van der Waals surface area (Å²) in [4.78, 5) is 17.1. The van der Waals surface area contributed by atoms with Gasteiger partial charge < -0.3 is 19.8 Å². The summed E-state index contributed by atoms with van der Waals surface area (Å²) in [6.07, 6.45) is 4.38. The third-order valence-corrected chi connectivity index (χ3v) is 9.34. The zero-order chi connectivity index (χ0) is 22.1. The van der Waals surface area contributed by atoms with Crippen LogP contribution in [0.15, 0.2) is 64.4 Å². The first-order valence-electron chi connectivity index (χ1n) is 10.1. The molecule has 1 atom stereocenters. The Morgan fingerprint density at radius 2 is 1.68 bits per heavy atom. The summed E-state index contributed by atoms with van der Waals surface area (Å²) < 4.78 is 6.24. The molecule has 5 nitrogen and oxygen atoms in total. The van der Waals surface area contributed by atoms with Gasteiger partial charge in [-0.05, 0) is 42.8 Å². The molecule has 31 heavy (non-hydrogen) atoms. The first-order valence-corrected chi connectivity index (χ1v) is 12.5. The van der Waals surface area contributed by atoms with Gasteiger partial charge in [-0.15, -0.1) is 0 Å². The molecule has 2 aliphatic heterocycles. The van der Waals surface area contributed by atoms with E-state index in [-0.39, 0.29) is 18.3 Å². The van der Waals surface area contributed by atoms with Crippen molar-refractivity contribution < 1.29 is 19.7 Å². The highest BCUT2D eigenvalue weighted by molar-refractivity contribution is 8.32. The number of esters is 1. The molecule has 3 aromatic rings. The van der Waals surface area contributed by atoms with Crippen molar-refractivity contribution in [2.45, 2.75) is 22.0 Å².